The first-order chi connectivity index (χ1) is 20.2. The van der Waals surface area contributed by atoms with Crippen LogP contribution in [-0.4, -0.2) is 70.0 Å². The molecule has 6 rings (SSSR count). The number of rotatable bonds is 7. The number of thioether (sulfide) groups is 1. The molecule has 2 aromatic carbocycles. The fourth-order valence-electron chi connectivity index (χ4n) is 5.98. The standard InChI is InChI=1S/C31H34N4O4S3/c1-21-14-22(2)18-33(17-21)42(37,38)27-12-6-8-23(15-27)29-24(19-35(32-29)25-9-4-3-5-10-25)16-28-30(36)34(31(40)41-28)20-26-11-7-13-39-26/h3-6,8-10,12,15-16,19,21-22,26H,7,11,13-14,17-18,20H2,1-2H3. The fourth-order valence-corrected chi connectivity index (χ4v) is 8.97. The van der Waals surface area contributed by atoms with E-state index in [1.807, 2.05) is 48.7 Å². The van der Waals surface area contributed by atoms with E-state index in [-0.39, 0.29) is 16.9 Å². The van der Waals surface area contributed by atoms with Crippen LogP contribution in [0, 0.1) is 11.8 Å². The maximum atomic E-state index is 13.7. The zero-order valence-electron chi connectivity index (χ0n) is 23.7. The number of carbonyl (C=O) groups excluding carboxylic acids is 1. The van der Waals surface area contributed by atoms with Gasteiger partial charge in [0.25, 0.3) is 5.91 Å². The third-order valence-electron chi connectivity index (χ3n) is 7.91. The molecule has 8 nitrogen and oxygen atoms in total. The van der Waals surface area contributed by atoms with Gasteiger partial charge in [-0.25, -0.2) is 13.1 Å². The average Bonchev–Trinajstić information content (AvgIpc) is 3.71. The number of sulfonamides is 1. The maximum absolute atomic E-state index is 13.7. The van der Waals surface area contributed by atoms with E-state index < -0.39 is 10.0 Å². The van der Waals surface area contributed by atoms with Gasteiger partial charge in [0.15, 0.2) is 0 Å². The Labute approximate surface area is 256 Å². The molecule has 3 atom stereocenters. The van der Waals surface area contributed by atoms with Crippen molar-refractivity contribution in [2.75, 3.05) is 26.2 Å². The van der Waals surface area contributed by atoms with E-state index in [4.69, 9.17) is 22.1 Å². The van der Waals surface area contributed by atoms with E-state index in [1.54, 1.807) is 32.1 Å². The Morgan fingerprint density at radius 1 is 1.10 bits per heavy atom. The number of thiocarbonyl (C=S) groups is 1. The topological polar surface area (TPSA) is 84.7 Å². The number of aromatic nitrogens is 2. The van der Waals surface area contributed by atoms with Crippen LogP contribution >= 0.6 is 24.0 Å². The summed E-state index contributed by atoms with van der Waals surface area (Å²) in [4.78, 5) is 15.8. The van der Waals surface area contributed by atoms with Crippen LogP contribution in [-0.2, 0) is 19.6 Å². The molecule has 0 N–H and O–H groups in total. The molecule has 220 valence electrons. The number of nitrogens with zero attached hydrogens (tertiary/aromatic N) is 4. The van der Waals surface area contributed by atoms with E-state index in [0.717, 1.165) is 24.9 Å². The summed E-state index contributed by atoms with van der Waals surface area (Å²) in [7, 11) is -3.68. The monoisotopic (exact) mass is 622 g/mol. The highest BCUT2D eigenvalue weighted by atomic mass is 32.2. The summed E-state index contributed by atoms with van der Waals surface area (Å²) in [6, 6.07) is 16.6. The van der Waals surface area contributed by atoms with Gasteiger partial charge in [0.1, 0.15) is 10.0 Å². The van der Waals surface area contributed by atoms with Crippen LogP contribution in [0.2, 0.25) is 0 Å². The summed E-state index contributed by atoms with van der Waals surface area (Å²) >= 11 is 6.84. The van der Waals surface area contributed by atoms with Gasteiger partial charge in [-0.15, -0.1) is 0 Å². The molecule has 3 aliphatic heterocycles. The number of hydrogen-bond donors (Lipinski definition) is 0. The summed E-state index contributed by atoms with van der Waals surface area (Å²) in [5.41, 5.74) is 2.79. The minimum absolute atomic E-state index is 0.00110. The molecular formula is C31H34N4O4S3. The van der Waals surface area contributed by atoms with Crippen molar-refractivity contribution < 1.29 is 17.9 Å². The Hall–Kier alpha value is -2.83. The number of carbonyl (C=O) groups is 1. The van der Waals surface area contributed by atoms with E-state index >= 15 is 0 Å². The highest BCUT2D eigenvalue weighted by molar-refractivity contribution is 8.26. The molecule has 3 aromatic rings. The lowest BCUT2D eigenvalue weighted by Crippen LogP contribution is -2.42. The number of ether oxygens (including phenoxy) is 1. The molecule has 0 saturated carbocycles. The van der Waals surface area contributed by atoms with Gasteiger partial charge >= 0.3 is 0 Å². The van der Waals surface area contributed by atoms with Gasteiger partial charge < -0.3 is 4.74 Å². The second-order valence-electron chi connectivity index (χ2n) is 11.4. The maximum Gasteiger partial charge on any atom is 0.266 e. The van der Waals surface area contributed by atoms with Crippen LogP contribution in [0.5, 0.6) is 0 Å². The molecule has 0 bridgehead atoms. The molecule has 3 fully saturated rings. The van der Waals surface area contributed by atoms with E-state index in [2.05, 4.69) is 13.8 Å². The lowest BCUT2D eigenvalue weighted by molar-refractivity contribution is -0.123. The predicted octanol–water partition coefficient (Wildman–Crippen LogP) is 5.59. The van der Waals surface area contributed by atoms with Crippen molar-refractivity contribution in [3.8, 4) is 16.9 Å². The number of amides is 1. The van der Waals surface area contributed by atoms with Crippen LogP contribution in [0.4, 0.5) is 0 Å². The van der Waals surface area contributed by atoms with Gasteiger partial charge in [0.2, 0.25) is 10.0 Å². The Balaban J connectivity index is 1.37. The van der Waals surface area contributed by atoms with Gasteiger partial charge in [-0.3, -0.25) is 9.69 Å². The van der Waals surface area contributed by atoms with Crippen molar-refractivity contribution in [2.45, 2.75) is 44.1 Å². The molecule has 3 saturated heterocycles. The van der Waals surface area contributed by atoms with Crippen molar-refractivity contribution >= 4 is 50.3 Å². The minimum atomic E-state index is -3.68. The van der Waals surface area contributed by atoms with Crippen LogP contribution in [0.3, 0.4) is 0 Å². The molecule has 1 amide bonds. The van der Waals surface area contributed by atoms with Crippen molar-refractivity contribution in [2.24, 2.45) is 11.8 Å². The average molecular weight is 623 g/mol. The largest absolute Gasteiger partial charge is 0.376 e. The zero-order valence-corrected chi connectivity index (χ0v) is 26.1. The first kappa shape index (κ1) is 29.3. The Morgan fingerprint density at radius 3 is 2.57 bits per heavy atom. The zero-order chi connectivity index (χ0) is 29.4. The van der Waals surface area contributed by atoms with Crippen molar-refractivity contribution in [1.29, 1.82) is 0 Å². The molecule has 0 radical (unpaired) electrons. The van der Waals surface area contributed by atoms with Gasteiger partial charge in [-0.1, -0.05) is 68.2 Å². The lowest BCUT2D eigenvalue weighted by atomic mass is 9.94. The molecule has 4 heterocycles. The SMILES string of the molecule is CC1CC(C)CN(S(=O)(=O)c2cccc(-c3nn(-c4ccccc4)cc3C=C3SC(=S)N(CC4CCCO4)C3=O)c2)C1. The molecular weight excluding hydrogens is 589 g/mol. The number of hydrogen-bond acceptors (Lipinski definition) is 7. The molecule has 42 heavy (non-hydrogen) atoms. The quantitative estimate of drug-likeness (QED) is 0.251. The van der Waals surface area contributed by atoms with E-state index in [1.165, 1.54) is 11.8 Å². The highest BCUT2D eigenvalue weighted by Crippen LogP contribution is 2.36. The van der Waals surface area contributed by atoms with Crippen LogP contribution in [0.25, 0.3) is 23.0 Å². The van der Waals surface area contributed by atoms with Crippen LogP contribution in [0.15, 0.2) is 70.6 Å². The van der Waals surface area contributed by atoms with Crippen molar-refractivity contribution in [1.82, 2.24) is 19.0 Å². The van der Waals surface area contributed by atoms with E-state index in [0.29, 0.717) is 64.1 Å². The second kappa shape index (κ2) is 12.0. The number of piperidine rings is 1. The third kappa shape index (κ3) is 5.98. The summed E-state index contributed by atoms with van der Waals surface area (Å²) in [5, 5.41) is 4.88. The molecule has 0 aliphatic carbocycles. The third-order valence-corrected chi connectivity index (χ3v) is 11.1. The summed E-state index contributed by atoms with van der Waals surface area (Å²) < 4.78 is 37.0. The highest BCUT2D eigenvalue weighted by Gasteiger charge is 2.35. The van der Waals surface area contributed by atoms with Crippen molar-refractivity contribution in [3.05, 3.63) is 71.3 Å². The molecule has 1 aromatic heterocycles. The summed E-state index contributed by atoms with van der Waals surface area (Å²) in [6.07, 6.45) is 6.60. The Morgan fingerprint density at radius 2 is 1.86 bits per heavy atom. The fraction of sp³-hybridized carbons (Fsp3) is 0.387. The number of para-hydroxylation sites is 1. The van der Waals surface area contributed by atoms with Crippen LogP contribution < -0.4 is 0 Å². The molecule has 3 unspecified atom stereocenters. The minimum Gasteiger partial charge on any atom is -0.376 e. The van der Waals surface area contributed by atoms with Gasteiger partial charge in [-0.05, 0) is 61.4 Å². The van der Waals surface area contributed by atoms with Crippen LogP contribution in [0.1, 0.15) is 38.7 Å². The van der Waals surface area contributed by atoms with Gasteiger partial charge in [-0.2, -0.15) is 9.40 Å². The second-order valence-corrected chi connectivity index (χ2v) is 15.1. The van der Waals surface area contributed by atoms with Gasteiger partial charge in [0.05, 0.1) is 28.1 Å². The first-order valence-corrected chi connectivity index (χ1v) is 17.0. The summed E-state index contributed by atoms with van der Waals surface area (Å²) in [5.74, 6) is 0.459. The molecule has 0 spiro atoms. The van der Waals surface area contributed by atoms with E-state index in [9.17, 15) is 13.2 Å². The smallest absolute Gasteiger partial charge is 0.266 e. The lowest BCUT2D eigenvalue weighted by Gasteiger charge is -2.34. The Bertz CT molecular complexity index is 1620. The Kier molecular flexibility index (Phi) is 8.39. The summed E-state index contributed by atoms with van der Waals surface area (Å²) in [6.45, 7) is 6.38. The first-order valence-electron chi connectivity index (χ1n) is 14.3. The van der Waals surface area contributed by atoms with Gasteiger partial charge in [0, 0.05) is 37.0 Å². The predicted molar refractivity (Wildman–Crippen MR) is 170 cm³/mol. The van der Waals surface area contributed by atoms with Crippen molar-refractivity contribution in [3.63, 3.8) is 0 Å². The number of benzene rings is 2. The normalized spacial score (nSPS) is 24.7. The molecule has 11 heteroatoms. The molecule has 3 aliphatic rings.